The summed E-state index contributed by atoms with van der Waals surface area (Å²) in [5, 5.41) is 3.53. The Bertz CT molecular complexity index is 274. The molecule has 1 aromatic rings. The smallest absolute Gasteiger partial charge is 0.0480 e. The average Bonchev–Trinajstić information content (AvgIpc) is 2.36. The molecule has 0 heterocycles. The van der Waals surface area contributed by atoms with Crippen LogP contribution in [0.2, 0.25) is 0 Å². The number of hydrogen-bond donors (Lipinski definition) is 1. The molecule has 0 radical (unpaired) electrons. The fourth-order valence-electron chi connectivity index (χ4n) is 1.94. The molecule has 0 bridgehead atoms. The van der Waals surface area contributed by atoms with Crippen LogP contribution >= 0.6 is 0 Å². The second-order valence-corrected chi connectivity index (χ2v) is 4.35. The van der Waals surface area contributed by atoms with Crippen molar-refractivity contribution in [3.63, 3.8) is 0 Å². The summed E-state index contributed by atoms with van der Waals surface area (Å²) in [7, 11) is 0. The van der Waals surface area contributed by atoms with Crippen LogP contribution < -0.4 is 5.32 Å². The van der Waals surface area contributed by atoms with Crippen molar-refractivity contribution in [2.24, 2.45) is 0 Å². The third kappa shape index (κ3) is 6.44. The van der Waals surface area contributed by atoms with E-state index < -0.39 is 0 Å². The van der Waals surface area contributed by atoms with Crippen molar-refractivity contribution in [3.05, 3.63) is 35.9 Å². The van der Waals surface area contributed by atoms with Gasteiger partial charge in [0, 0.05) is 19.3 Å². The summed E-state index contributed by atoms with van der Waals surface area (Å²) in [6.07, 6.45) is 3.28. The number of nitrogens with one attached hydrogen (secondary N) is 1. The molecule has 0 fully saturated rings. The molecule has 1 aromatic carbocycles. The molecule has 0 saturated carbocycles. The number of likely N-dealkylation sites (N-methyl/N-ethyl adjacent to an activating group) is 1. The second kappa shape index (κ2) is 9.20. The van der Waals surface area contributed by atoms with Gasteiger partial charge in [-0.25, -0.2) is 0 Å². The molecule has 1 rings (SSSR count). The Morgan fingerprint density at radius 1 is 1.12 bits per heavy atom. The van der Waals surface area contributed by atoms with Crippen LogP contribution in [-0.4, -0.2) is 25.8 Å². The van der Waals surface area contributed by atoms with Crippen molar-refractivity contribution in [2.45, 2.75) is 39.2 Å². The molecule has 0 aliphatic carbocycles. The van der Waals surface area contributed by atoms with E-state index >= 15 is 0 Å². The van der Waals surface area contributed by atoms with Gasteiger partial charge in [0.05, 0.1) is 0 Å². The second-order valence-electron chi connectivity index (χ2n) is 4.35. The minimum Gasteiger partial charge on any atom is -0.381 e. The topological polar surface area (TPSA) is 21.3 Å². The molecule has 17 heavy (non-hydrogen) atoms. The predicted octanol–water partition coefficient (Wildman–Crippen LogP) is 3.02. The summed E-state index contributed by atoms with van der Waals surface area (Å²) < 4.78 is 5.56. The monoisotopic (exact) mass is 235 g/mol. The molecule has 0 saturated heterocycles. The maximum Gasteiger partial charge on any atom is 0.0480 e. The van der Waals surface area contributed by atoms with Gasteiger partial charge in [-0.15, -0.1) is 0 Å². The number of benzene rings is 1. The average molecular weight is 235 g/mol. The van der Waals surface area contributed by atoms with E-state index in [2.05, 4.69) is 49.5 Å². The molecule has 0 amide bonds. The Morgan fingerprint density at radius 2 is 1.88 bits per heavy atom. The molecular weight excluding hydrogens is 210 g/mol. The van der Waals surface area contributed by atoms with Gasteiger partial charge in [0.15, 0.2) is 0 Å². The van der Waals surface area contributed by atoms with E-state index in [9.17, 15) is 0 Å². The lowest BCUT2D eigenvalue weighted by Crippen LogP contribution is -2.32. The summed E-state index contributed by atoms with van der Waals surface area (Å²) in [5.41, 5.74) is 1.40. The number of ether oxygens (including phenoxy) is 1. The molecule has 0 spiro atoms. The summed E-state index contributed by atoms with van der Waals surface area (Å²) >= 11 is 0. The van der Waals surface area contributed by atoms with Crippen LogP contribution in [0.15, 0.2) is 30.3 Å². The highest BCUT2D eigenvalue weighted by Gasteiger charge is 2.07. The SMILES string of the molecule is CCCOCCC(Cc1ccccc1)NCC. The van der Waals surface area contributed by atoms with Gasteiger partial charge in [-0.1, -0.05) is 44.2 Å². The summed E-state index contributed by atoms with van der Waals surface area (Å²) in [6, 6.07) is 11.2. The molecule has 1 N–H and O–H groups in total. The van der Waals surface area contributed by atoms with Crippen molar-refractivity contribution in [3.8, 4) is 0 Å². The Morgan fingerprint density at radius 3 is 2.53 bits per heavy atom. The van der Waals surface area contributed by atoms with E-state index in [0.717, 1.165) is 39.0 Å². The van der Waals surface area contributed by atoms with Gasteiger partial charge < -0.3 is 10.1 Å². The largest absolute Gasteiger partial charge is 0.381 e. The first kappa shape index (κ1) is 14.2. The fraction of sp³-hybridized carbons (Fsp3) is 0.600. The lowest BCUT2D eigenvalue weighted by molar-refractivity contribution is 0.124. The first-order chi connectivity index (χ1) is 8.36. The predicted molar refractivity (Wildman–Crippen MR) is 73.3 cm³/mol. The zero-order valence-corrected chi connectivity index (χ0v) is 11.1. The molecule has 2 nitrogen and oxygen atoms in total. The van der Waals surface area contributed by atoms with Gasteiger partial charge in [-0.3, -0.25) is 0 Å². The van der Waals surface area contributed by atoms with Gasteiger partial charge in [-0.05, 0) is 31.4 Å². The standard InChI is InChI=1S/C15H25NO/c1-3-11-17-12-10-15(16-4-2)13-14-8-6-5-7-9-14/h5-9,15-16H,3-4,10-13H2,1-2H3. The fourth-order valence-corrected chi connectivity index (χ4v) is 1.94. The van der Waals surface area contributed by atoms with Gasteiger partial charge >= 0.3 is 0 Å². The zero-order chi connectivity index (χ0) is 12.3. The first-order valence-corrected chi connectivity index (χ1v) is 6.71. The number of rotatable bonds is 9. The Balaban J connectivity index is 2.32. The molecule has 0 aliphatic rings. The Kier molecular flexibility index (Phi) is 7.69. The van der Waals surface area contributed by atoms with Crippen LogP contribution in [0.1, 0.15) is 32.3 Å². The Hall–Kier alpha value is -0.860. The lowest BCUT2D eigenvalue weighted by Gasteiger charge is -2.18. The van der Waals surface area contributed by atoms with Crippen molar-refractivity contribution in [1.29, 1.82) is 0 Å². The van der Waals surface area contributed by atoms with Crippen molar-refractivity contribution >= 4 is 0 Å². The highest BCUT2D eigenvalue weighted by molar-refractivity contribution is 5.15. The van der Waals surface area contributed by atoms with E-state index in [1.54, 1.807) is 0 Å². The van der Waals surface area contributed by atoms with Crippen LogP contribution in [0, 0.1) is 0 Å². The third-order valence-electron chi connectivity index (χ3n) is 2.78. The third-order valence-corrected chi connectivity index (χ3v) is 2.78. The van der Waals surface area contributed by atoms with Crippen LogP contribution in [0.5, 0.6) is 0 Å². The van der Waals surface area contributed by atoms with Crippen LogP contribution in [0.4, 0.5) is 0 Å². The van der Waals surface area contributed by atoms with Crippen molar-refractivity contribution in [1.82, 2.24) is 5.32 Å². The first-order valence-electron chi connectivity index (χ1n) is 6.71. The summed E-state index contributed by atoms with van der Waals surface area (Å²) in [5.74, 6) is 0. The van der Waals surface area contributed by atoms with Gasteiger partial charge in [0.25, 0.3) is 0 Å². The van der Waals surface area contributed by atoms with Crippen molar-refractivity contribution < 1.29 is 4.74 Å². The minimum absolute atomic E-state index is 0.527. The highest BCUT2D eigenvalue weighted by atomic mass is 16.5. The highest BCUT2D eigenvalue weighted by Crippen LogP contribution is 2.06. The van der Waals surface area contributed by atoms with Crippen LogP contribution in [0.25, 0.3) is 0 Å². The van der Waals surface area contributed by atoms with Crippen LogP contribution in [0.3, 0.4) is 0 Å². The maximum absolute atomic E-state index is 5.56. The normalized spacial score (nSPS) is 12.6. The van der Waals surface area contributed by atoms with E-state index in [1.807, 2.05) is 0 Å². The summed E-state index contributed by atoms with van der Waals surface area (Å²) in [4.78, 5) is 0. The maximum atomic E-state index is 5.56. The number of hydrogen-bond acceptors (Lipinski definition) is 2. The van der Waals surface area contributed by atoms with Gasteiger partial charge in [-0.2, -0.15) is 0 Å². The van der Waals surface area contributed by atoms with Crippen LogP contribution in [-0.2, 0) is 11.2 Å². The Labute approximate surface area is 105 Å². The van der Waals surface area contributed by atoms with E-state index in [4.69, 9.17) is 4.74 Å². The molecule has 1 atom stereocenters. The van der Waals surface area contributed by atoms with Gasteiger partial charge in [0.2, 0.25) is 0 Å². The lowest BCUT2D eigenvalue weighted by atomic mass is 10.0. The quantitative estimate of drug-likeness (QED) is 0.664. The van der Waals surface area contributed by atoms with E-state index in [-0.39, 0.29) is 0 Å². The van der Waals surface area contributed by atoms with Gasteiger partial charge in [0.1, 0.15) is 0 Å². The molecule has 0 aliphatic heterocycles. The van der Waals surface area contributed by atoms with Crippen molar-refractivity contribution in [2.75, 3.05) is 19.8 Å². The minimum atomic E-state index is 0.527. The van der Waals surface area contributed by atoms with E-state index in [1.165, 1.54) is 5.56 Å². The molecule has 96 valence electrons. The zero-order valence-electron chi connectivity index (χ0n) is 11.1. The van der Waals surface area contributed by atoms with E-state index in [0.29, 0.717) is 6.04 Å². The molecule has 2 heteroatoms. The molecule has 0 aromatic heterocycles. The molecular formula is C15H25NO. The molecule has 1 unspecified atom stereocenters. The summed E-state index contributed by atoms with van der Waals surface area (Å²) in [6.45, 7) is 7.06.